The van der Waals surface area contributed by atoms with Gasteiger partial charge in [0.2, 0.25) is 0 Å². The number of hydrogen-bond donors (Lipinski definition) is 2. The molecule has 0 fully saturated rings. The maximum absolute atomic E-state index is 5.86. The van der Waals surface area contributed by atoms with Gasteiger partial charge in [-0.15, -0.1) is 30.6 Å². The summed E-state index contributed by atoms with van der Waals surface area (Å²) in [5, 5.41) is 6.38. The highest BCUT2D eigenvalue weighted by atomic mass is 127. The van der Waals surface area contributed by atoms with Crippen LogP contribution in [0.4, 0.5) is 0 Å². The summed E-state index contributed by atoms with van der Waals surface area (Å²) in [5.74, 6) is 1.80. The lowest BCUT2D eigenvalue weighted by Crippen LogP contribution is -2.38. The van der Waals surface area contributed by atoms with Crippen molar-refractivity contribution in [1.82, 2.24) is 10.6 Å². The average molecular weight is 387 g/mol. The first-order chi connectivity index (χ1) is 9.33. The molecule has 0 saturated carbocycles. The van der Waals surface area contributed by atoms with E-state index in [0.717, 1.165) is 24.7 Å². The van der Waals surface area contributed by atoms with Gasteiger partial charge in [-0.1, -0.05) is 24.3 Å². The number of hydrogen-bond acceptors (Lipinski definition) is 2. The number of rotatable bonds is 5. The van der Waals surface area contributed by atoms with E-state index in [1.165, 1.54) is 5.56 Å². The molecule has 0 aliphatic carbocycles. The molecule has 2 rings (SSSR count). The van der Waals surface area contributed by atoms with Crippen molar-refractivity contribution in [3.63, 3.8) is 0 Å². The molecule has 1 aromatic carbocycles. The lowest BCUT2D eigenvalue weighted by atomic mass is 10.1. The molecule has 0 saturated heterocycles. The van der Waals surface area contributed by atoms with Crippen molar-refractivity contribution >= 4 is 29.9 Å². The molecule has 0 bridgehead atoms. The Morgan fingerprint density at radius 1 is 1.45 bits per heavy atom. The van der Waals surface area contributed by atoms with Crippen molar-refractivity contribution in [3.8, 4) is 5.75 Å². The third-order valence-corrected chi connectivity index (χ3v) is 2.92. The highest BCUT2D eigenvalue weighted by Crippen LogP contribution is 2.27. The first kappa shape index (κ1) is 16.8. The molecular weight excluding hydrogens is 365 g/mol. The van der Waals surface area contributed by atoms with Gasteiger partial charge >= 0.3 is 0 Å². The molecule has 0 aromatic heterocycles. The van der Waals surface area contributed by atoms with E-state index in [0.29, 0.717) is 13.1 Å². The molecule has 1 unspecified atom stereocenters. The Labute approximate surface area is 137 Å². The van der Waals surface area contributed by atoms with Crippen LogP contribution in [0, 0.1) is 0 Å². The van der Waals surface area contributed by atoms with E-state index in [1.807, 2.05) is 31.2 Å². The van der Waals surface area contributed by atoms with Gasteiger partial charge in [0, 0.05) is 19.5 Å². The van der Waals surface area contributed by atoms with Crippen LogP contribution in [-0.2, 0) is 6.42 Å². The van der Waals surface area contributed by atoms with Crippen LogP contribution in [0.1, 0.15) is 12.5 Å². The summed E-state index contributed by atoms with van der Waals surface area (Å²) < 4.78 is 5.86. The number of ether oxygens (including phenoxy) is 1. The van der Waals surface area contributed by atoms with Crippen LogP contribution in [0.25, 0.3) is 0 Å². The normalized spacial score (nSPS) is 16.6. The Morgan fingerprint density at radius 2 is 2.25 bits per heavy atom. The number of para-hydroxylation sites is 1. The highest BCUT2D eigenvalue weighted by molar-refractivity contribution is 14.0. The Balaban J connectivity index is 0.00000200. The van der Waals surface area contributed by atoms with E-state index >= 15 is 0 Å². The van der Waals surface area contributed by atoms with Crippen LogP contribution in [0.15, 0.2) is 41.9 Å². The van der Waals surface area contributed by atoms with E-state index in [-0.39, 0.29) is 30.1 Å². The number of fused-ring (bicyclic) bond motifs is 1. The van der Waals surface area contributed by atoms with Crippen molar-refractivity contribution in [3.05, 3.63) is 42.5 Å². The summed E-state index contributed by atoms with van der Waals surface area (Å²) in [7, 11) is 0. The Morgan fingerprint density at radius 3 is 2.95 bits per heavy atom. The number of nitrogens with zero attached hydrogens (tertiary/aromatic N) is 1. The fraction of sp³-hybridized carbons (Fsp3) is 0.400. The second-order valence-electron chi connectivity index (χ2n) is 4.44. The molecule has 4 nitrogen and oxygen atoms in total. The minimum absolute atomic E-state index is 0. The van der Waals surface area contributed by atoms with Gasteiger partial charge < -0.3 is 15.4 Å². The van der Waals surface area contributed by atoms with Gasteiger partial charge in [0.1, 0.15) is 11.9 Å². The first-order valence-electron chi connectivity index (χ1n) is 6.71. The number of guanidine groups is 1. The predicted molar refractivity (Wildman–Crippen MR) is 94.2 cm³/mol. The van der Waals surface area contributed by atoms with Crippen molar-refractivity contribution in [2.24, 2.45) is 4.99 Å². The molecule has 0 spiro atoms. The lowest BCUT2D eigenvalue weighted by Gasteiger charge is -2.12. The Hall–Kier alpha value is -1.24. The van der Waals surface area contributed by atoms with Gasteiger partial charge in [0.25, 0.3) is 0 Å². The number of halogens is 1. The van der Waals surface area contributed by atoms with Crippen LogP contribution < -0.4 is 15.4 Å². The third kappa shape index (κ3) is 4.70. The molecule has 1 heterocycles. The second-order valence-corrected chi connectivity index (χ2v) is 4.44. The van der Waals surface area contributed by atoms with E-state index in [4.69, 9.17) is 4.74 Å². The number of aliphatic imine (C=N–C) groups is 1. The fourth-order valence-corrected chi connectivity index (χ4v) is 2.06. The van der Waals surface area contributed by atoms with E-state index in [9.17, 15) is 0 Å². The summed E-state index contributed by atoms with van der Waals surface area (Å²) in [5.41, 5.74) is 1.27. The van der Waals surface area contributed by atoms with Crippen LogP contribution in [0.2, 0.25) is 0 Å². The summed E-state index contributed by atoms with van der Waals surface area (Å²) in [6, 6.07) is 8.17. The molecule has 20 heavy (non-hydrogen) atoms. The topological polar surface area (TPSA) is 45.7 Å². The van der Waals surface area contributed by atoms with Crippen LogP contribution in [0.5, 0.6) is 5.75 Å². The monoisotopic (exact) mass is 387 g/mol. The van der Waals surface area contributed by atoms with Crippen LogP contribution in [0.3, 0.4) is 0 Å². The SMILES string of the molecule is C=CCNC(=NCC1Cc2ccccc2O1)NCC.I. The van der Waals surface area contributed by atoms with Gasteiger partial charge in [-0.3, -0.25) is 0 Å². The minimum Gasteiger partial charge on any atom is -0.488 e. The molecule has 5 heteroatoms. The van der Waals surface area contributed by atoms with Gasteiger partial charge in [0.15, 0.2) is 5.96 Å². The molecule has 1 aliphatic heterocycles. The molecule has 1 atom stereocenters. The zero-order valence-electron chi connectivity index (χ0n) is 11.8. The summed E-state index contributed by atoms with van der Waals surface area (Å²) in [4.78, 5) is 4.54. The summed E-state index contributed by atoms with van der Waals surface area (Å²) >= 11 is 0. The minimum atomic E-state index is 0. The van der Waals surface area contributed by atoms with Gasteiger partial charge in [-0.05, 0) is 18.6 Å². The van der Waals surface area contributed by atoms with Crippen molar-refractivity contribution in [2.45, 2.75) is 19.4 Å². The quantitative estimate of drug-likeness (QED) is 0.353. The lowest BCUT2D eigenvalue weighted by molar-refractivity contribution is 0.241. The second kappa shape index (κ2) is 8.84. The fourth-order valence-electron chi connectivity index (χ4n) is 2.06. The van der Waals surface area contributed by atoms with Crippen LogP contribution in [-0.4, -0.2) is 31.7 Å². The average Bonchev–Trinajstić information content (AvgIpc) is 2.84. The summed E-state index contributed by atoms with van der Waals surface area (Å²) in [6.07, 6.45) is 2.88. The number of benzene rings is 1. The third-order valence-electron chi connectivity index (χ3n) is 2.92. The molecule has 2 N–H and O–H groups in total. The molecule has 1 aromatic rings. The van der Waals surface area contributed by atoms with E-state index in [2.05, 4.69) is 28.3 Å². The molecule has 1 aliphatic rings. The molecule has 0 radical (unpaired) electrons. The largest absolute Gasteiger partial charge is 0.488 e. The zero-order chi connectivity index (χ0) is 13.5. The molecular formula is C15H22IN3O. The van der Waals surface area contributed by atoms with E-state index < -0.39 is 0 Å². The van der Waals surface area contributed by atoms with Crippen LogP contribution >= 0.6 is 24.0 Å². The standard InChI is InChI=1S/C15H21N3O.HI/c1-3-9-17-15(16-4-2)18-11-13-10-12-7-5-6-8-14(12)19-13;/h3,5-8,13H,1,4,9-11H2,2H3,(H2,16,17,18);1H. The van der Waals surface area contributed by atoms with E-state index in [1.54, 1.807) is 0 Å². The Kier molecular flexibility index (Phi) is 7.43. The number of nitrogens with one attached hydrogen (secondary N) is 2. The van der Waals surface area contributed by atoms with Gasteiger partial charge in [0.05, 0.1) is 6.54 Å². The zero-order valence-corrected chi connectivity index (χ0v) is 14.1. The maximum atomic E-state index is 5.86. The van der Waals surface area contributed by atoms with Crippen molar-refractivity contribution < 1.29 is 4.74 Å². The predicted octanol–water partition coefficient (Wildman–Crippen LogP) is 2.35. The van der Waals surface area contributed by atoms with Crippen molar-refractivity contribution in [2.75, 3.05) is 19.6 Å². The maximum Gasteiger partial charge on any atom is 0.191 e. The smallest absolute Gasteiger partial charge is 0.191 e. The molecule has 110 valence electrons. The van der Waals surface area contributed by atoms with Crippen molar-refractivity contribution in [1.29, 1.82) is 0 Å². The summed E-state index contributed by atoms with van der Waals surface area (Å²) in [6.45, 7) is 7.94. The highest BCUT2D eigenvalue weighted by Gasteiger charge is 2.21. The van der Waals surface area contributed by atoms with Gasteiger partial charge in [-0.2, -0.15) is 0 Å². The Bertz CT molecular complexity index is 437. The first-order valence-corrected chi connectivity index (χ1v) is 6.71. The molecule has 0 amide bonds. The van der Waals surface area contributed by atoms with Gasteiger partial charge in [-0.25, -0.2) is 4.99 Å².